The van der Waals surface area contributed by atoms with Crippen LogP contribution in [-0.2, 0) is 0 Å². The fourth-order valence-corrected chi connectivity index (χ4v) is 8.59. The van der Waals surface area contributed by atoms with Crippen LogP contribution >= 0.6 is 0 Å². The van der Waals surface area contributed by atoms with Crippen LogP contribution in [0.1, 0.15) is 24.6 Å². The number of fused-ring (bicyclic) bond motifs is 7. The van der Waals surface area contributed by atoms with Crippen LogP contribution in [0.25, 0.3) is 89.1 Å². The number of benzene rings is 7. The van der Waals surface area contributed by atoms with Crippen molar-refractivity contribution < 1.29 is 0 Å². The molecule has 1 aliphatic carbocycles. The summed E-state index contributed by atoms with van der Waals surface area (Å²) in [4.78, 5) is 15.4. The molecule has 1 atom stereocenters. The minimum Gasteiger partial charge on any atom is -0.398 e. The zero-order valence-electron chi connectivity index (χ0n) is 32.5. The van der Waals surface area contributed by atoms with Crippen molar-refractivity contribution in [3.05, 3.63) is 199 Å². The van der Waals surface area contributed by atoms with Gasteiger partial charge in [0, 0.05) is 44.7 Å². The predicted molar refractivity (Wildman–Crippen MR) is 243 cm³/mol. The van der Waals surface area contributed by atoms with Crippen molar-refractivity contribution in [1.82, 2.24) is 19.5 Å². The molecule has 278 valence electrons. The second kappa shape index (κ2) is 14.3. The standard InChI is InChI=1S/C53H41N5/c1-33-24-29-49(54)47(30-33)34(2)25-27-40-35(3)58(50-23-12-11-22-46(40)50)39-17-13-16-37(31-39)52-55-51(36-14-5-4-6-15-36)56-53(57-52)38-26-28-45-43-20-8-7-18-41(43)42-19-9-10-21-44(42)48(45)32-38/h4-29,31-33H,2,30,54H2,1,3H3/b27-25-. The largest absolute Gasteiger partial charge is 0.398 e. The molecule has 0 fully saturated rings. The summed E-state index contributed by atoms with van der Waals surface area (Å²) < 4.78 is 2.32. The highest BCUT2D eigenvalue weighted by atomic mass is 15.0. The molecule has 0 radical (unpaired) electrons. The molecule has 2 aromatic heterocycles. The van der Waals surface area contributed by atoms with E-state index in [-0.39, 0.29) is 0 Å². The fourth-order valence-electron chi connectivity index (χ4n) is 8.59. The number of nitrogens with zero attached hydrogens (tertiary/aromatic N) is 4. The Kier molecular flexibility index (Phi) is 8.64. The SMILES string of the molecule is C=C(/C=C\c1c(C)n(-c2cccc(-c3nc(-c4ccccc4)nc(-c4ccc5c6ccccc6c6ccccc6c5c4)n3)c2)c2ccccc12)C1=C(N)C=CC(C)C1. The van der Waals surface area contributed by atoms with Gasteiger partial charge in [-0.1, -0.05) is 153 Å². The van der Waals surface area contributed by atoms with Gasteiger partial charge in [0.05, 0.1) is 5.52 Å². The molecule has 0 bridgehead atoms. The van der Waals surface area contributed by atoms with E-state index in [4.69, 9.17) is 20.7 Å². The fraction of sp³-hybridized carbons (Fsp3) is 0.0755. The lowest BCUT2D eigenvalue weighted by molar-refractivity contribution is 0.706. The normalized spacial score (nSPS) is 14.4. The van der Waals surface area contributed by atoms with Crippen LogP contribution in [0.3, 0.4) is 0 Å². The first kappa shape index (κ1) is 35.1. The second-order valence-corrected chi connectivity index (χ2v) is 15.3. The predicted octanol–water partition coefficient (Wildman–Crippen LogP) is 13.0. The molecule has 0 spiro atoms. The van der Waals surface area contributed by atoms with E-state index in [0.717, 1.165) is 62.4 Å². The van der Waals surface area contributed by atoms with E-state index in [9.17, 15) is 0 Å². The highest BCUT2D eigenvalue weighted by Gasteiger charge is 2.18. The Balaban J connectivity index is 1.10. The van der Waals surface area contributed by atoms with Gasteiger partial charge in [-0.05, 0) is 93.1 Å². The molecule has 5 heteroatoms. The molecular formula is C53H41N5. The third kappa shape index (κ3) is 6.09. The van der Waals surface area contributed by atoms with Crippen LogP contribution in [0.2, 0.25) is 0 Å². The smallest absolute Gasteiger partial charge is 0.164 e. The van der Waals surface area contributed by atoms with E-state index < -0.39 is 0 Å². The Morgan fingerprint density at radius 3 is 1.86 bits per heavy atom. The van der Waals surface area contributed by atoms with E-state index in [0.29, 0.717) is 23.4 Å². The molecule has 1 aliphatic rings. The number of hydrogen-bond acceptors (Lipinski definition) is 4. The monoisotopic (exact) mass is 747 g/mol. The maximum absolute atomic E-state index is 6.40. The van der Waals surface area contributed by atoms with Crippen molar-refractivity contribution in [2.75, 3.05) is 0 Å². The van der Waals surface area contributed by atoms with Crippen LogP contribution in [0, 0.1) is 12.8 Å². The lowest BCUT2D eigenvalue weighted by Crippen LogP contribution is -2.09. The molecule has 0 saturated heterocycles. The van der Waals surface area contributed by atoms with Gasteiger partial charge < -0.3 is 10.3 Å². The Labute approximate surface area is 337 Å². The average molecular weight is 748 g/mol. The van der Waals surface area contributed by atoms with Crippen LogP contribution in [0.4, 0.5) is 0 Å². The molecule has 7 aromatic carbocycles. The maximum atomic E-state index is 6.40. The summed E-state index contributed by atoms with van der Waals surface area (Å²) in [6.07, 6.45) is 9.35. The van der Waals surface area contributed by atoms with Crippen molar-refractivity contribution in [2.24, 2.45) is 11.7 Å². The third-order valence-corrected chi connectivity index (χ3v) is 11.5. The number of para-hydroxylation sites is 1. The number of rotatable bonds is 7. The lowest BCUT2D eigenvalue weighted by Gasteiger charge is -2.18. The van der Waals surface area contributed by atoms with Crippen LogP contribution in [0.5, 0.6) is 0 Å². The quantitative estimate of drug-likeness (QED) is 0.130. The van der Waals surface area contributed by atoms with Crippen LogP contribution < -0.4 is 5.73 Å². The van der Waals surface area contributed by atoms with Crippen molar-refractivity contribution in [2.45, 2.75) is 20.3 Å². The zero-order valence-corrected chi connectivity index (χ0v) is 32.5. The summed E-state index contributed by atoms with van der Waals surface area (Å²) in [6.45, 7) is 8.79. The Morgan fingerprint density at radius 2 is 1.17 bits per heavy atom. The van der Waals surface area contributed by atoms with Gasteiger partial charge in [-0.2, -0.15) is 0 Å². The maximum Gasteiger partial charge on any atom is 0.164 e. The Morgan fingerprint density at radius 1 is 0.621 bits per heavy atom. The minimum atomic E-state index is 0.432. The lowest BCUT2D eigenvalue weighted by atomic mass is 9.89. The molecule has 2 N–H and O–H groups in total. The van der Waals surface area contributed by atoms with Gasteiger partial charge >= 0.3 is 0 Å². The van der Waals surface area contributed by atoms with Gasteiger partial charge in [-0.25, -0.2) is 15.0 Å². The van der Waals surface area contributed by atoms with E-state index >= 15 is 0 Å². The molecule has 10 rings (SSSR count). The van der Waals surface area contributed by atoms with Gasteiger partial charge in [0.15, 0.2) is 17.5 Å². The van der Waals surface area contributed by atoms with Gasteiger partial charge in [-0.15, -0.1) is 0 Å². The molecule has 58 heavy (non-hydrogen) atoms. The molecule has 1 unspecified atom stereocenters. The highest BCUT2D eigenvalue weighted by molar-refractivity contribution is 6.25. The summed E-state index contributed by atoms with van der Waals surface area (Å²) in [7, 11) is 0. The first-order valence-electron chi connectivity index (χ1n) is 19.8. The topological polar surface area (TPSA) is 69.6 Å². The molecule has 0 amide bonds. The second-order valence-electron chi connectivity index (χ2n) is 15.3. The molecule has 2 heterocycles. The third-order valence-electron chi connectivity index (χ3n) is 11.5. The van der Waals surface area contributed by atoms with E-state index in [1.54, 1.807) is 0 Å². The number of hydrogen-bond donors (Lipinski definition) is 1. The number of aromatic nitrogens is 4. The summed E-state index contributed by atoms with van der Waals surface area (Å²) >= 11 is 0. The van der Waals surface area contributed by atoms with E-state index in [1.165, 1.54) is 37.7 Å². The molecule has 5 nitrogen and oxygen atoms in total. The van der Waals surface area contributed by atoms with Crippen molar-refractivity contribution in [3.63, 3.8) is 0 Å². The van der Waals surface area contributed by atoms with Crippen LogP contribution in [-0.4, -0.2) is 19.5 Å². The Hall–Kier alpha value is -7.37. The van der Waals surface area contributed by atoms with Crippen molar-refractivity contribution >= 4 is 49.3 Å². The van der Waals surface area contributed by atoms with Crippen LogP contribution in [0.15, 0.2) is 187 Å². The van der Waals surface area contributed by atoms with Gasteiger partial charge in [0.1, 0.15) is 0 Å². The molecule has 0 saturated carbocycles. The highest BCUT2D eigenvalue weighted by Crippen LogP contribution is 2.38. The van der Waals surface area contributed by atoms with Crippen molar-refractivity contribution in [3.8, 4) is 39.9 Å². The molecule has 9 aromatic rings. The van der Waals surface area contributed by atoms with Gasteiger partial charge in [0.25, 0.3) is 0 Å². The first-order valence-corrected chi connectivity index (χ1v) is 19.8. The van der Waals surface area contributed by atoms with Gasteiger partial charge in [-0.3, -0.25) is 0 Å². The summed E-state index contributed by atoms with van der Waals surface area (Å²) in [6, 6.07) is 51.1. The number of nitrogens with two attached hydrogens (primary N) is 1. The Bertz CT molecular complexity index is 3160. The zero-order chi connectivity index (χ0) is 39.3. The summed E-state index contributed by atoms with van der Waals surface area (Å²) in [5.74, 6) is 2.30. The summed E-state index contributed by atoms with van der Waals surface area (Å²) in [5.41, 5.74) is 16.4. The van der Waals surface area contributed by atoms with E-state index in [2.05, 4.69) is 171 Å². The molecule has 0 aliphatic heterocycles. The summed E-state index contributed by atoms with van der Waals surface area (Å²) in [5, 5.41) is 8.47. The first-order chi connectivity index (χ1) is 28.4. The number of allylic oxidation sites excluding steroid dienone is 5. The molecular weight excluding hydrogens is 707 g/mol. The average Bonchev–Trinajstić information content (AvgIpc) is 3.56. The minimum absolute atomic E-state index is 0.432. The van der Waals surface area contributed by atoms with Gasteiger partial charge in [0.2, 0.25) is 0 Å². The van der Waals surface area contributed by atoms with E-state index in [1.807, 2.05) is 24.3 Å². The van der Waals surface area contributed by atoms with Crippen molar-refractivity contribution in [1.29, 1.82) is 0 Å².